The first-order chi connectivity index (χ1) is 24.2. The Bertz CT molecular complexity index is 2640. The van der Waals surface area contributed by atoms with Crippen molar-refractivity contribution in [3.8, 4) is 5.75 Å². The highest BCUT2D eigenvalue weighted by molar-refractivity contribution is 7.90. The van der Waals surface area contributed by atoms with E-state index in [-0.39, 0.29) is 32.8 Å². The minimum atomic E-state index is -5.10. The van der Waals surface area contributed by atoms with Gasteiger partial charge in [0.05, 0.1) is 38.3 Å². The third-order valence-corrected chi connectivity index (χ3v) is 11.1. The molecule has 270 valence electrons. The van der Waals surface area contributed by atoms with E-state index in [4.69, 9.17) is 0 Å². The Hall–Kier alpha value is -5.40. The van der Waals surface area contributed by atoms with E-state index in [1.165, 1.54) is 24.3 Å². The lowest BCUT2D eigenvalue weighted by atomic mass is 10.1. The van der Waals surface area contributed by atoms with Crippen molar-refractivity contribution < 1.29 is 44.3 Å². The Morgan fingerprint density at radius 3 is 1.81 bits per heavy atom. The Labute approximate surface area is 299 Å². The molecule has 5 aromatic carbocycles. The number of phenolic OH excluding ortho intramolecular Hbond substituents is 1. The third kappa shape index (κ3) is 8.55. The van der Waals surface area contributed by atoms with Crippen molar-refractivity contribution in [3.05, 3.63) is 101 Å². The van der Waals surface area contributed by atoms with Crippen LogP contribution in [0.3, 0.4) is 0 Å². The van der Waals surface area contributed by atoms with Crippen LogP contribution < -0.4 is 5.32 Å². The zero-order chi connectivity index (χ0) is 38.2. The van der Waals surface area contributed by atoms with Crippen molar-refractivity contribution in [1.82, 2.24) is 0 Å². The fourth-order valence-electron chi connectivity index (χ4n) is 5.11. The summed E-state index contributed by atoms with van der Waals surface area (Å²) in [6.45, 7) is 6.36. The number of rotatable bonds is 10. The van der Waals surface area contributed by atoms with Crippen LogP contribution in [0.1, 0.15) is 29.2 Å². The van der Waals surface area contributed by atoms with Gasteiger partial charge < -0.3 is 10.4 Å². The fraction of sp³-hybridized carbons (Fsp3) is 0.147. The van der Waals surface area contributed by atoms with Crippen LogP contribution >= 0.6 is 0 Å². The number of benzene rings is 5. The number of fused-ring (bicyclic) bond motifs is 1. The number of amides is 1. The standard InChI is InChI=1S/C34H31N5O10S3/c1-19-5-7-23(8-6-19)18-50(42,43)26-11-9-25(10-12-26)36-37-28-13-21(3)29(14-20(28)2)38-39-33-31(52(47,48)49)16-24-15-27(51(44,45)46)17-30(35-22(4)40)32(24)34(33)41/h5-17,41H,18H2,1-4H3,(H,35,40)(H,44,45,46)(H,47,48,49). The van der Waals surface area contributed by atoms with E-state index < -0.39 is 57.2 Å². The average molecular weight is 766 g/mol. The molecule has 0 aromatic heterocycles. The molecule has 0 bridgehead atoms. The summed E-state index contributed by atoms with van der Waals surface area (Å²) in [5, 5.41) is 29.5. The molecule has 5 rings (SSSR count). The monoisotopic (exact) mass is 765 g/mol. The number of nitrogens with zero attached hydrogens (tertiary/aromatic N) is 4. The van der Waals surface area contributed by atoms with Gasteiger partial charge in [-0.2, -0.15) is 32.2 Å². The molecular weight excluding hydrogens is 735 g/mol. The largest absolute Gasteiger partial charge is 0.505 e. The van der Waals surface area contributed by atoms with Gasteiger partial charge in [0.15, 0.2) is 15.6 Å². The van der Waals surface area contributed by atoms with Crippen LogP contribution in [0.4, 0.5) is 28.4 Å². The summed E-state index contributed by atoms with van der Waals surface area (Å²) in [7, 11) is -13.5. The topological polar surface area (TPSA) is 242 Å². The summed E-state index contributed by atoms with van der Waals surface area (Å²) in [5.74, 6) is -1.70. The molecule has 1 amide bonds. The van der Waals surface area contributed by atoms with Gasteiger partial charge >= 0.3 is 0 Å². The molecule has 0 saturated heterocycles. The van der Waals surface area contributed by atoms with Gasteiger partial charge in [-0.05, 0) is 97.4 Å². The second-order valence-electron chi connectivity index (χ2n) is 11.8. The first-order valence-corrected chi connectivity index (χ1v) is 19.7. The first-order valence-electron chi connectivity index (χ1n) is 15.1. The molecule has 0 unspecified atom stereocenters. The molecular formula is C34H31N5O10S3. The van der Waals surface area contributed by atoms with Crippen LogP contribution in [0.15, 0.2) is 114 Å². The number of hydrogen-bond acceptors (Lipinski definition) is 12. The minimum absolute atomic E-state index is 0.137. The zero-order valence-electron chi connectivity index (χ0n) is 27.9. The SMILES string of the molecule is CC(=O)Nc1cc(S(=O)(=O)O)cc2cc(S(=O)(=O)O)c(N=Nc3cc(C)c(N=Nc4ccc(S(=O)(=O)Cc5ccc(C)cc5)cc4)cc3C)c(O)c12. The lowest BCUT2D eigenvalue weighted by Crippen LogP contribution is -2.08. The van der Waals surface area contributed by atoms with E-state index >= 15 is 0 Å². The lowest BCUT2D eigenvalue weighted by Gasteiger charge is -2.14. The predicted octanol–water partition coefficient (Wildman–Crippen LogP) is 7.73. The van der Waals surface area contributed by atoms with Crippen molar-refractivity contribution >= 4 is 75.2 Å². The predicted molar refractivity (Wildman–Crippen MR) is 192 cm³/mol. The van der Waals surface area contributed by atoms with E-state index in [1.54, 1.807) is 38.1 Å². The maximum Gasteiger partial charge on any atom is 0.296 e. The molecule has 0 aliphatic carbocycles. The number of carbonyl (C=O) groups is 1. The number of hydrogen-bond donors (Lipinski definition) is 4. The van der Waals surface area contributed by atoms with Gasteiger partial charge in [-0.25, -0.2) is 8.42 Å². The van der Waals surface area contributed by atoms with Gasteiger partial charge in [0, 0.05) is 12.3 Å². The number of phenols is 1. The van der Waals surface area contributed by atoms with Gasteiger partial charge in [0.25, 0.3) is 20.2 Å². The highest BCUT2D eigenvalue weighted by Crippen LogP contribution is 2.45. The summed E-state index contributed by atoms with van der Waals surface area (Å²) >= 11 is 0. The van der Waals surface area contributed by atoms with Gasteiger partial charge in [0.2, 0.25) is 5.91 Å². The van der Waals surface area contributed by atoms with Crippen LogP contribution in [0.25, 0.3) is 10.8 Å². The van der Waals surface area contributed by atoms with E-state index in [9.17, 15) is 44.3 Å². The molecule has 5 aromatic rings. The van der Waals surface area contributed by atoms with Gasteiger partial charge in [-0.3, -0.25) is 13.9 Å². The molecule has 0 fully saturated rings. The molecule has 0 aliphatic heterocycles. The maximum absolute atomic E-state index is 12.9. The summed E-state index contributed by atoms with van der Waals surface area (Å²) < 4.78 is 93.8. The number of nitrogens with one attached hydrogen (secondary N) is 1. The van der Waals surface area contributed by atoms with Crippen molar-refractivity contribution in [2.24, 2.45) is 20.5 Å². The van der Waals surface area contributed by atoms with Gasteiger partial charge in [-0.15, -0.1) is 5.11 Å². The van der Waals surface area contributed by atoms with Gasteiger partial charge in [0.1, 0.15) is 10.6 Å². The van der Waals surface area contributed by atoms with E-state index in [0.717, 1.165) is 30.7 Å². The van der Waals surface area contributed by atoms with Crippen LogP contribution in [0.5, 0.6) is 5.75 Å². The quantitative estimate of drug-likeness (QED) is 0.0796. The molecule has 0 heterocycles. The molecule has 18 heteroatoms. The Morgan fingerprint density at radius 1 is 0.692 bits per heavy atom. The third-order valence-electron chi connectivity index (χ3n) is 7.73. The maximum atomic E-state index is 12.9. The number of anilines is 1. The number of sulfone groups is 1. The smallest absolute Gasteiger partial charge is 0.296 e. The molecule has 0 spiro atoms. The second-order valence-corrected chi connectivity index (χ2v) is 16.6. The Morgan fingerprint density at radius 2 is 1.27 bits per heavy atom. The first kappa shape index (κ1) is 37.8. The van der Waals surface area contributed by atoms with Crippen molar-refractivity contribution in [2.45, 2.75) is 48.1 Å². The summed E-state index contributed by atoms with van der Waals surface area (Å²) in [6.07, 6.45) is 0. The number of azo groups is 2. The van der Waals surface area contributed by atoms with Crippen LogP contribution in [-0.4, -0.2) is 45.4 Å². The number of carbonyl (C=O) groups excluding carboxylic acids is 1. The van der Waals surface area contributed by atoms with Crippen molar-refractivity contribution in [2.75, 3.05) is 5.32 Å². The van der Waals surface area contributed by atoms with E-state index in [0.29, 0.717) is 28.1 Å². The van der Waals surface area contributed by atoms with Crippen LogP contribution in [0, 0.1) is 20.8 Å². The van der Waals surface area contributed by atoms with Gasteiger partial charge in [-0.1, -0.05) is 29.8 Å². The Balaban J connectivity index is 1.46. The highest BCUT2D eigenvalue weighted by Gasteiger charge is 2.26. The van der Waals surface area contributed by atoms with E-state index in [1.807, 2.05) is 19.1 Å². The molecule has 0 radical (unpaired) electrons. The molecule has 4 N–H and O–H groups in total. The summed E-state index contributed by atoms with van der Waals surface area (Å²) in [4.78, 5) is 10.4. The van der Waals surface area contributed by atoms with Crippen LogP contribution in [0.2, 0.25) is 0 Å². The Kier molecular flexibility index (Phi) is 10.4. The zero-order valence-corrected chi connectivity index (χ0v) is 30.4. The van der Waals surface area contributed by atoms with Crippen molar-refractivity contribution in [1.29, 1.82) is 0 Å². The molecule has 52 heavy (non-hydrogen) atoms. The molecule has 15 nitrogen and oxygen atoms in total. The normalized spacial score (nSPS) is 12.6. The average Bonchev–Trinajstić information content (AvgIpc) is 3.04. The van der Waals surface area contributed by atoms with Crippen LogP contribution in [-0.2, 0) is 40.6 Å². The highest BCUT2D eigenvalue weighted by atomic mass is 32.2. The molecule has 0 aliphatic rings. The second kappa shape index (κ2) is 14.3. The molecule has 0 atom stereocenters. The summed E-state index contributed by atoms with van der Waals surface area (Å²) in [5.41, 5.74) is 2.76. The molecule has 0 saturated carbocycles. The number of aromatic hydroxyl groups is 1. The lowest BCUT2D eigenvalue weighted by molar-refractivity contribution is -0.114. The summed E-state index contributed by atoms with van der Waals surface area (Å²) in [6, 6.07) is 18.9. The van der Waals surface area contributed by atoms with Crippen molar-refractivity contribution in [3.63, 3.8) is 0 Å². The number of aryl methyl sites for hydroxylation is 3. The minimum Gasteiger partial charge on any atom is -0.505 e. The fourth-order valence-corrected chi connectivity index (χ4v) is 7.66. The van der Waals surface area contributed by atoms with E-state index in [2.05, 4.69) is 25.8 Å².